The Kier molecular flexibility index (Phi) is 3.31. The van der Waals surface area contributed by atoms with E-state index in [1.165, 1.54) is 0 Å². The van der Waals surface area contributed by atoms with Crippen LogP contribution < -0.4 is 0 Å². The first-order chi connectivity index (χ1) is 6.07. The second-order valence-electron chi connectivity index (χ2n) is 4.04. The van der Waals surface area contributed by atoms with Gasteiger partial charge in [0.15, 0.2) is 0 Å². The van der Waals surface area contributed by atoms with Crippen molar-refractivity contribution in [3.05, 3.63) is 0 Å². The van der Waals surface area contributed by atoms with E-state index >= 15 is 0 Å². The van der Waals surface area contributed by atoms with E-state index < -0.39 is 5.97 Å². The summed E-state index contributed by atoms with van der Waals surface area (Å²) in [5.41, 5.74) is 0. The van der Waals surface area contributed by atoms with Crippen LogP contribution in [0, 0.1) is 5.92 Å². The number of nitrogens with zero attached hydrogens (tertiary/aromatic N) is 1. The number of carbonyl (C=O) groups is 1. The van der Waals surface area contributed by atoms with Gasteiger partial charge in [0.25, 0.3) is 0 Å². The normalized spacial score (nSPS) is 21.5. The highest BCUT2D eigenvalue weighted by Gasteiger charge is 2.39. The van der Waals surface area contributed by atoms with E-state index in [4.69, 9.17) is 5.11 Å². The van der Waals surface area contributed by atoms with Crippen molar-refractivity contribution < 1.29 is 9.90 Å². The fourth-order valence-electron chi connectivity index (χ4n) is 1.68. The average molecular weight is 185 g/mol. The van der Waals surface area contributed by atoms with Crippen molar-refractivity contribution in [1.29, 1.82) is 0 Å². The summed E-state index contributed by atoms with van der Waals surface area (Å²) >= 11 is 0. The first kappa shape index (κ1) is 10.5. The third-order valence-corrected chi connectivity index (χ3v) is 3.05. The number of carboxylic acids is 1. The first-order valence-corrected chi connectivity index (χ1v) is 5.02. The maximum absolute atomic E-state index is 11.0. The molecule has 2 atom stereocenters. The van der Waals surface area contributed by atoms with Gasteiger partial charge in [0, 0.05) is 6.04 Å². The lowest BCUT2D eigenvalue weighted by Crippen LogP contribution is -2.44. The number of likely N-dealkylation sites (N-methyl/N-ethyl adjacent to an activating group) is 1. The van der Waals surface area contributed by atoms with Crippen molar-refractivity contribution in [2.24, 2.45) is 5.92 Å². The predicted octanol–water partition coefficient (Wildman–Crippen LogP) is 1.58. The largest absolute Gasteiger partial charge is 0.480 e. The Bertz CT molecular complexity index is 189. The lowest BCUT2D eigenvalue weighted by atomic mass is 10.1. The smallest absolute Gasteiger partial charge is 0.321 e. The van der Waals surface area contributed by atoms with Gasteiger partial charge in [-0.2, -0.15) is 0 Å². The number of rotatable bonds is 5. The van der Waals surface area contributed by atoms with Crippen LogP contribution in [0.2, 0.25) is 0 Å². The van der Waals surface area contributed by atoms with Crippen LogP contribution in [0.1, 0.15) is 33.1 Å². The van der Waals surface area contributed by atoms with Crippen molar-refractivity contribution in [2.45, 2.75) is 45.2 Å². The molecule has 0 saturated heterocycles. The molecular formula is C10H19NO2. The van der Waals surface area contributed by atoms with Gasteiger partial charge in [0.05, 0.1) is 0 Å². The molecule has 0 heterocycles. The Morgan fingerprint density at radius 2 is 2.15 bits per heavy atom. The summed E-state index contributed by atoms with van der Waals surface area (Å²) in [5, 5.41) is 9.06. The summed E-state index contributed by atoms with van der Waals surface area (Å²) in [6.07, 6.45) is 3.17. The topological polar surface area (TPSA) is 40.5 Å². The predicted molar refractivity (Wildman–Crippen MR) is 51.7 cm³/mol. The number of carboxylic acid groups (broad SMARTS) is 1. The zero-order chi connectivity index (χ0) is 10.0. The van der Waals surface area contributed by atoms with E-state index in [0.29, 0.717) is 12.0 Å². The van der Waals surface area contributed by atoms with Crippen LogP contribution in [0.5, 0.6) is 0 Å². The van der Waals surface area contributed by atoms with Gasteiger partial charge in [0.2, 0.25) is 0 Å². The van der Waals surface area contributed by atoms with Gasteiger partial charge in [-0.05, 0) is 39.2 Å². The highest BCUT2D eigenvalue weighted by Crippen LogP contribution is 2.35. The second kappa shape index (κ2) is 4.09. The van der Waals surface area contributed by atoms with Crippen LogP contribution in [-0.4, -0.2) is 35.1 Å². The fourth-order valence-corrected chi connectivity index (χ4v) is 1.68. The maximum atomic E-state index is 11.0. The van der Waals surface area contributed by atoms with Crippen molar-refractivity contribution in [3.8, 4) is 0 Å². The molecular weight excluding hydrogens is 166 g/mol. The molecule has 0 aromatic carbocycles. The third-order valence-electron chi connectivity index (χ3n) is 3.05. The molecule has 13 heavy (non-hydrogen) atoms. The minimum atomic E-state index is -0.662. The maximum Gasteiger partial charge on any atom is 0.321 e. The minimum Gasteiger partial charge on any atom is -0.480 e. The molecule has 76 valence electrons. The molecule has 1 rings (SSSR count). The highest BCUT2D eigenvalue weighted by molar-refractivity contribution is 5.74. The van der Waals surface area contributed by atoms with Crippen LogP contribution in [0.4, 0.5) is 0 Å². The van der Waals surface area contributed by atoms with Crippen LogP contribution in [0.3, 0.4) is 0 Å². The molecule has 1 aliphatic rings. The van der Waals surface area contributed by atoms with Gasteiger partial charge in [-0.1, -0.05) is 6.92 Å². The zero-order valence-electron chi connectivity index (χ0n) is 8.66. The molecule has 1 fully saturated rings. The lowest BCUT2D eigenvalue weighted by molar-refractivity contribution is -0.144. The number of hydrogen-bond donors (Lipinski definition) is 1. The van der Waals surface area contributed by atoms with Gasteiger partial charge in [-0.3, -0.25) is 9.69 Å². The van der Waals surface area contributed by atoms with Crippen LogP contribution in [0.15, 0.2) is 0 Å². The van der Waals surface area contributed by atoms with Gasteiger partial charge in [-0.25, -0.2) is 0 Å². The zero-order valence-corrected chi connectivity index (χ0v) is 8.66. The monoisotopic (exact) mass is 185 g/mol. The van der Waals surface area contributed by atoms with Crippen molar-refractivity contribution in [2.75, 3.05) is 7.05 Å². The Balaban J connectivity index is 2.57. The first-order valence-electron chi connectivity index (χ1n) is 5.02. The molecule has 0 aromatic rings. The van der Waals surface area contributed by atoms with Crippen LogP contribution in [-0.2, 0) is 4.79 Å². The molecule has 0 radical (unpaired) electrons. The summed E-state index contributed by atoms with van der Waals surface area (Å²) in [6, 6.07) is 0.108. The van der Waals surface area contributed by atoms with E-state index in [0.717, 1.165) is 19.3 Å². The van der Waals surface area contributed by atoms with E-state index in [9.17, 15) is 4.79 Å². The van der Waals surface area contributed by atoms with Crippen LogP contribution >= 0.6 is 0 Å². The molecule has 1 saturated carbocycles. The summed E-state index contributed by atoms with van der Waals surface area (Å²) < 4.78 is 0. The fraction of sp³-hybridized carbons (Fsp3) is 0.900. The number of aliphatic carboxylic acids is 1. The molecule has 3 heteroatoms. The highest BCUT2D eigenvalue weighted by atomic mass is 16.4. The molecule has 2 unspecified atom stereocenters. The van der Waals surface area contributed by atoms with E-state index in [1.807, 2.05) is 11.9 Å². The summed E-state index contributed by atoms with van der Waals surface area (Å²) in [6.45, 7) is 4.17. The summed E-state index contributed by atoms with van der Waals surface area (Å²) in [5.74, 6) is -0.262. The molecule has 0 spiro atoms. The Hall–Kier alpha value is -0.570. The minimum absolute atomic E-state index is 0.255. The molecule has 3 nitrogen and oxygen atoms in total. The summed E-state index contributed by atoms with van der Waals surface area (Å²) in [7, 11) is 1.92. The van der Waals surface area contributed by atoms with E-state index in [1.54, 1.807) is 0 Å². The number of hydrogen-bond acceptors (Lipinski definition) is 2. The molecule has 0 aromatic heterocycles. The molecule has 0 aliphatic heterocycles. The SMILES string of the molecule is CCC(C)N(C)C(C(=O)O)C1CC1. The van der Waals surface area contributed by atoms with Gasteiger partial charge < -0.3 is 5.11 Å². The van der Waals surface area contributed by atoms with Crippen molar-refractivity contribution in [3.63, 3.8) is 0 Å². The molecule has 1 N–H and O–H groups in total. The van der Waals surface area contributed by atoms with Gasteiger partial charge in [0.1, 0.15) is 6.04 Å². The van der Waals surface area contributed by atoms with E-state index in [-0.39, 0.29) is 6.04 Å². The van der Waals surface area contributed by atoms with Crippen LogP contribution in [0.25, 0.3) is 0 Å². The average Bonchev–Trinajstić information content (AvgIpc) is 2.86. The van der Waals surface area contributed by atoms with Gasteiger partial charge >= 0.3 is 5.97 Å². The molecule has 1 aliphatic carbocycles. The Labute approximate surface area is 79.7 Å². The standard InChI is InChI=1S/C10H19NO2/c1-4-7(2)11(3)9(10(12)13)8-5-6-8/h7-9H,4-6H2,1-3H3,(H,12,13). The van der Waals surface area contributed by atoms with Crippen molar-refractivity contribution >= 4 is 5.97 Å². The molecule has 0 amide bonds. The third kappa shape index (κ3) is 2.44. The van der Waals surface area contributed by atoms with E-state index in [2.05, 4.69) is 13.8 Å². The Morgan fingerprint density at radius 1 is 1.62 bits per heavy atom. The molecule has 0 bridgehead atoms. The summed E-state index contributed by atoms with van der Waals surface area (Å²) in [4.78, 5) is 13.0. The quantitative estimate of drug-likeness (QED) is 0.707. The lowest BCUT2D eigenvalue weighted by Gasteiger charge is -2.29. The Morgan fingerprint density at radius 3 is 2.46 bits per heavy atom. The second-order valence-corrected chi connectivity index (χ2v) is 4.04. The van der Waals surface area contributed by atoms with Crippen molar-refractivity contribution in [1.82, 2.24) is 4.90 Å². The van der Waals surface area contributed by atoms with Gasteiger partial charge in [-0.15, -0.1) is 0 Å².